The summed E-state index contributed by atoms with van der Waals surface area (Å²) >= 11 is 0. The van der Waals surface area contributed by atoms with Gasteiger partial charge in [0.15, 0.2) is 5.03 Å². The first-order valence-corrected chi connectivity index (χ1v) is 7.22. The zero-order valence-electron chi connectivity index (χ0n) is 10.0. The van der Waals surface area contributed by atoms with Crippen molar-refractivity contribution >= 4 is 10.0 Å². The van der Waals surface area contributed by atoms with Crippen LogP contribution in [-0.4, -0.2) is 30.1 Å². The molecule has 1 aromatic rings. The number of nitrogens with zero attached hydrogens (tertiary/aromatic N) is 2. The van der Waals surface area contributed by atoms with Crippen molar-refractivity contribution in [1.82, 2.24) is 14.3 Å². The van der Waals surface area contributed by atoms with E-state index in [0.717, 1.165) is 0 Å². The molecule has 1 fully saturated rings. The molecule has 7 heteroatoms. The lowest BCUT2D eigenvalue weighted by Gasteiger charge is -2.32. The molecule has 0 radical (unpaired) electrons. The highest BCUT2D eigenvalue weighted by atomic mass is 32.2. The van der Waals surface area contributed by atoms with Gasteiger partial charge < -0.3 is 10.3 Å². The lowest BCUT2D eigenvalue weighted by Crippen LogP contribution is -2.50. The Morgan fingerprint density at radius 3 is 2.71 bits per heavy atom. The van der Waals surface area contributed by atoms with Gasteiger partial charge in [0, 0.05) is 24.8 Å². The minimum atomic E-state index is -3.49. The summed E-state index contributed by atoms with van der Waals surface area (Å²) in [5, 5.41) is 0.0947. The Hall–Kier alpha value is -0.920. The second-order valence-corrected chi connectivity index (χ2v) is 6.12. The molecule has 6 nitrogen and oxygen atoms in total. The Morgan fingerprint density at radius 1 is 1.59 bits per heavy atom. The first kappa shape index (κ1) is 12.5. The molecule has 1 aliphatic carbocycles. The zero-order chi connectivity index (χ0) is 12.6. The smallest absolute Gasteiger partial charge is 0.259 e. The predicted molar refractivity (Wildman–Crippen MR) is 64.0 cm³/mol. The summed E-state index contributed by atoms with van der Waals surface area (Å²) in [5.41, 5.74) is 5.62. The normalized spacial score (nSPS) is 24.6. The molecule has 3 N–H and O–H groups in total. The maximum Gasteiger partial charge on any atom is 0.259 e. The SMILES string of the molecule is CCn1cc(S(=O)(=O)NC2CC(N)C2)nc1C. The third-order valence-corrected chi connectivity index (χ3v) is 4.46. The number of hydrogen-bond acceptors (Lipinski definition) is 4. The molecule has 0 bridgehead atoms. The number of rotatable bonds is 4. The summed E-state index contributed by atoms with van der Waals surface area (Å²) in [6.07, 6.45) is 2.97. The van der Waals surface area contributed by atoms with E-state index in [4.69, 9.17) is 5.73 Å². The lowest BCUT2D eigenvalue weighted by molar-refractivity contribution is 0.327. The van der Waals surface area contributed by atoms with Crippen molar-refractivity contribution in [3.05, 3.63) is 12.0 Å². The molecular formula is C10H18N4O2S. The molecule has 2 rings (SSSR count). The van der Waals surface area contributed by atoms with Gasteiger partial charge in [-0.25, -0.2) is 18.1 Å². The maximum absolute atomic E-state index is 12.0. The van der Waals surface area contributed by atoms with Gasteiger partial charge in [0.2, 0.25) is 0 Å². The Kier molecular flexibility index (Phi) is 3.24. The van der Waals surface area contributed by atoms with Crippen LogP contribution in [0.2, 0.25) is 0 Å². The molecule has 0 amide bonds. The van der Waals surface area contributed by atoms with Crippen LogP contribution in [0.15, 0.2) is 11.2 Å². The summed E-state index contributed by atoms with van der Waals surface area (Å²) < 4.78 is 28.4. The van der Waals surface area contributed by atoms with Gasteiger partial charge in [0.05, 0.1) is 0 Å². The van der Waals surface area contributed by atoms with Crippen LogP contribution in [0.4, 0.5) is 0 Å². The van der Waals surface area contributed by atoms with Gasteiger partial charge in [-0.2, -0.15) is 0 Å². The molecule has 1 heterocycles. The third kappa shape index (κ3) is 2.51. The maximum atomic E-state index is 12.0. The fourth-order valence-electron chi connectivity index (χ4n) is 1.97. The van der Waals surface area contributed by atoms with Crippen LogP contribution in [0.3, 0.4) is 0 Å². The largest absolute Gasteiger partial charge is 0.334 e. The predicted octanol–water partition coefficient (Wildman–Crippen LogP) is -0.0206. The van der Waals surface area contributed by atoms with Crippen LogP contribution in [0.1, 0.15) is 25.6 Å². The van der Waals surface area contributed by atoms with E-state index in [1.807, 2.05) is 6.92 Å². The van der Waals surface area contributed by atoms with Crippen LogP contribution < -0.4 is 10.5 Å². The summed E-state index contributed by atoms with van der Waals surface area (Å²) in [6.45, 7) is 4.45. The van der Waals surface area contributed by atoms with E-state index in [1.54, 1.807) is 17.7 Å². The van der Waals surface area contributed by atoms with Crippen LogP contribution in [0.5, 0.6) is 0 Å². The Bertz CT molecular complexity index is 502. The van der Waals surface area contributed by atoms with Crippen LogP contribution >= 0.6 is 0 Å². The summed E-state index contributed by atoms with van der Waals surface area (Å²) in [4.78, 5) is 4.06. The van der Waals surface area contributed by atoms with E-state index in [9.17, 15) is 8.42 Å². The Labute approximate surface area is 101 Å². The van der Waals surface area contributed by atoms with E-state index >= 15 is 0 Å². The number of aryl methyl sites for hydroxylation is 2. The molecule has 0 atom stereocenters. The van der Waals surface area contributed by atoms with Crippen LogP contribution in [0.25, 0.3) is 0 Å². The molecular weight excluding hydrogens is 240 g/mol. The van der Waals surface area contributed by atoms with Crippen molar-refractivity contribution in [3.63, 3.8) is 0 Å². The molecule has 0 aliphatic heterocycles. The van der Waals surface area contributed by atoms with Crippen molar-refractivity contribution in [1.29, 1.82) is 0 Å². The second-order valence-electron chi connectivity index (χ2n) is 4.46. The topological polar surface area (TPSA) is 90.0 Å². The number of nitrogens with one attached hydrogen (secondary N) is 1. The van der Waals surface area contributed by atoms with Gasteiger partial charge in [-0.05, 0) is 26.7 Å². The molecule has 1 saturated carbocycles. The molecule has 0 spiro atoms. The minimum absolute atomic E-state index is 0.0397. The highest BCUT2D eigenvalue weighted by Crippen LogP contribution is 2.20. The first-order chi connectivity index (χ1) is 7.92. The number of hydrogen-bond donors (Lipinski definition) is 2. The van der Waals surface area contributed by atoms with E-state index in [-0.39, 0.29) is 17.1 Å². The zero-order valence-corrected chi connectivity index (χ0v) is 10.9. The minimum Gasteiger partial charge on any atom is -0.334 e. The standard InChI is InChI=1S/C10H18N4O2S/c1-3-14-6-10(12-7(14)2)17(15,16)13-9-4-8(11)5-9/h6,8-9,13H,3-5,11H2,1-2H3. The second kappa shape index (κ2) is 4.40. The number of sulfonamides is 1. The van der Waals surface area contributed by atoms with E-state index in [0.29, 0.717) is 25.2 Å². The van der Waals surface area contributed by atoms with Gasteiger partial charge in [-0.1, -0.05) is 0 Å². The molecule has 17 heavy (non-hydrogen) atoms. The molecule has 1 aliphatic rings. The fourth-order valence-corrected chi connectivity index (χ4v) is 3.24. The number of nitrogens with two attached hydrogens (primary N) is 1. The molecule has 0 saturated heterocycles. The fraction of sp³-hybridized carbons (Fsp3) is 0.700. The van der Waals surface area contributed by atoms with Crippen molar-refractivity contribution in [2.24, 2.45) is 5.73 Å². The molecule has 1 aromatic heterocycles. The monoisotopic (exact) mass is 258 g/mol. The number of imidazole rings is 1. The van der Waals surface area contributed by atoms with Gasteiger partial charge in [0.25, 0.3) is 10.0 Å². The van der Waals surface area contributed by atoms with Gasteiger partial charge in [-0.15, -0.1) is 0 Å². The van der Waals surface area contributed by atoms with Crippen molar-refractivity contribution in [2.45, 2.75) is 50.3 Å². The highest BCUT2D eigenvalue weighted by Gasteiger charge is 2.31. The van der Waals surface area contributed by atoms with Crippen LogP contribution in [-0.2, 0) is 16.6 Å². The Balaban J connectivity index is 2.14. The van der Waals surface area contributed by atoms with Gasteiger partial charge in [0.1, 0.15) is 5.82 Å². The summed E-state index contributed by atoms with van der Waals surface area (Å²) in [7, 11) is -3.49. The van der Waals surface area contributed by atoms with Gasteiger partial charge >= 0.3 is 0 Å². The van der Waals surface area contributed by atoms with Crippen LogP contribution in [0, 0.1) is 6.92 Å². The molecule has 0 unspecified atom stereocenters. The Morgan fingerprint density at radius 2 is 2.24 bits per heavy atom. The number of aromatic nitrogens is 2. The quantitative estimate of drug-likeness (QED) is 0.794. The van der Waals surface area contributed by atoms with Gasteiger partial charge in [-0.3, -0.25) is 0 Å². The van der Waals surface area contributed by atoms with Crippen molar-refractivity contribution < 1.29 is 8.42 Å². The van der Waals surface area contributed by atoms with Crippen molar-refractivity contribution in [2.75, 3.05) is 0 Å². The summed E-state index contributed by atoms with van der Waals surface area (Å²) in [6, 6.07) is 0.0831. The van der Waals surface area contributed by atoms with Crippen molar-refractivity contribution in [3.8, 4) is 0 Å². The van der Waals surface area contributed by atoms with E-state index < -0.39 is 10.0 Å². The average molecular weight is 258 g/mol. The average Bonchev–Trinajstić information content (AvgIpc) is 2.58. The van der Waals surface area contributed by atoms with E-state index in [1.165, 1.54) is 0 Å². The molecule has 0 aromatic carbocycles. The molecule has 96 valence electrons. The highest BCUT2D eigenvalue weighted by molar-refractivity contribution is 7.89. The van der Waals surface area contributed by atoms with E-state index in [2.05, 4.69) is 9.71 Å². The summed E-state index contributed by atoms with van der Waals surface area (Å²) in [5.74, 6) is 0.707. The first-order valence-electron chi connectivity index (χ1n) is 5.74. The third-order valence-electron chi connectivity index (χ3n) is 3.07. The lowest BCUT2D eigenvalue weighted by atomic mass is 9.89.